The maximum Gasteiger partial charge on any atom is 0.337 e. The number of piperidine rings is 1. The van der Waals surface area contributed by atoms with Crippen LogP contribution < -0.4 is 0 Å². The molecule has 2 aromatic rings. The first-order chi connectivity index (χ1) is 13.4. The van der Waals surface area contributed by atoms with Crippen molar-refractivity contribution < 1.29 is 19.4 Å². The van der Waals surface area contributed by atoms with Gasteiger partial charge in [0, 0.05) is 41.5 Å². The molecule has 4 heterocycles. The van der Waals surface area contributed by atoms with Crippen LogP contribution in [-0.2, 0) is 20.7 Å². The lowest BCUT2D eigenvalue weighted by molar-refractivity contribution is -0.165. The fourth-order valence-electron chi connectivity index (χ4n) is 5.74. The van der Waals surface area contributed by atoms with Crippen molar-refractivity contribution in [3.8, 4) is 0 Å². The Morgan fingerprint density at radius 2 is 2.18 bits per heavy atom. The van der Waals surface area contributed by atoms with Gasteiger partial charge in [-0.3, -0.25) is 4.90 Å². The number of aromatic nitrogens is 1. The van der Waals surface area contributed by atoms with Gasteiger partial charge in [0.15, 0.2) is 0 Å². The predicted octanol–water partition coefficient (Wildman–Crippen LogP) is 2.54. The average Bonchev–Trinajstić information content (AvgIpc) is 3.06. The third-order valence-electron chi connectivity index (χ3n) is 6.96. The largest absolute Gasteiger partial charge is 0.497 e. The number of aromatic amines is 1. The smallest absolute Gasteiger partial charge is 0.337 e. The quantitative estimate of drug-likeness (QED) is 0.742. The van der Waals surface area contributed by atoms with E-state index in [9.17, 15) is 9.90 Å². The van der Waals surface area contributed by atoms with Crippen LogP contribution in [0.5, 0.6) is 0 Å². The van der Waals surface area contributed by atoms with E-state index in [1.54, 1.807) is 0 Å². The Morgan fingerprint density at radius 1 is 1.39 bits per heavy atom. The van der Waals surface area contributed by atoms with Gasteiger partial charge in [0.25, 0.3) is 0 Å². The highest BCUT2D eigenvalue weighted by molar-refractivity contribution is 5.89. The number of benzene rings is 1. The summed E-state index contributed by atoms with van der Waals surface area (Å²) in [6.45, 7) is 5.52. The molecule has 1 aromatic carbocycles. The van der Waals surface area contributed by atoms with E-state index in [0.717, 1.165) is 30.7 Å². The average molecular weight is 382 g/mol. The number of hydrogen-bond donors (Lipinski definition) is 2. The van der Waals surface area contributed by atoms with E-state index in [-0.39, 0.29) is 24.0 Å². The summed E-state index contributed by atoms with van der Waals surface area (Å²) < 4.78 is 10.8. The highest BCUT2D eigenvalue weighted by Gasteiger charge is 2.58. The van der Waals surface area contributed by atoms with Crippen molar-refractivity contribution in [2.24, 2.45) is 11.8 Å². The number of esters is 1. The number of para-hydroxylation sites is 1. The van der Waals surface area contributed by atoms with Gasteiger partial charge in [-0.15, -0.1) is 0 Å². The van der Waals surface area contributed by atoms with Crippen LogP contribution in [0, 0.1) is 11.8 Å². The number of carbonyl (C=O) groups is 1. The molecule has 5 atom stereocenters. The van der Waals surface area contributed by atoms with Crippen molar-refractivity contribution in [3.05, 3.63) is 47.4 Å². The fraction of sp³-hybridized carbons (Fsp3) is 0.500. The number of hydrogen-bond acceptors (Lipinski definition) is 5. The zero-order valence-electron chi connectivity index (χ0n) is 16.4. The molecule has 0 amide bonds. The number of carbonyl (C=O) groups excluding carboxylic acids is 1. The first kappa shape index (κ1) is 17.8. The summed E-state index contributed by atoms with van der Waals surface area (Å²) in [6, 6.07) is 8.08. The zero-order chi connectivity index (χ0) is 19.6. The summed E-state index contributed by atoms with van der Waals surface area (Å²) in [4.78, 5) is 18.4. The number of fused-ring (bicyclic) bond motifs is 6. The molecule has 0 aliphatic carbocycles. The normalized spacial score (nSPS) is 34.6. The molecule has 5 unspecified atom stereocenters. The Kier molecular flexibility index (Phi) is 3.87. The van der Waals surface area contributed by atoms with E-state index in [0.29, 0.717) is 5.57 Å². The standard InChI is InChI=1S/C22H26N2O4/c1-12-15-10-24-9-8-14-13-6-4-5-7-17(13)23-19(14)20(24)22(2,26)18(15)16(11-28-12)21(25)27-3/h4-7,11-12,15,18,20,23,26H,8-10H2,1-3H3. The van der Waals surface area contributed by atoms with Crippen LogP contribution in [0.1, 0.15) is 31.1 Å². The maximum absolute atomic E-state index is 12.5. The molecule has 28 heavy (non-hydrogen) atoms. The summed E-state index contributed by atoms with van der Waals surface area (Å²) in [7, 11) is 1.37. The minimum Gasteiger partial charge on any atom is -0.497 e. The number of rotatable bonds is 1. The van der Waals surface area contributed by atoms with Gasteiger partial charge in [-0.2, -0.15) is 0 Å². The third kappa shape index (κ3) is 2.31. The lowest BCUT2D eigenvalue weighted by atomic mass is 9.63. The van der Waals surface area contributed by atoms with E-state index >= 15 is 0 Å². The predicted molar refractivity (Wildman–Crippen MR) is 105 cm³/mol. The fourth-order valence-corrected chi connectivity index (χ4v) is 5.74. The Balaban J connectivity index is 1.66. The summed E-state index contributed by atoms with van der Waals surface area (Å²) in [5.74, 6) is -0.748. The lowest BCUT2D eigenvalue weighted by Gasteiger charge is -2.56. The monoisotopic (exact) mass is 382 g/mol. The molecule has 1 aromatic heterocycles. The molecule has 0 radical (unpaired) electrons. The van der Waals surface area contributed by atoms with Crippen LogP contribution in [0.2, 0.25) is 0 Å². The Morgan fingerprint density at radius 3 is 2.96 bits per heavy atom. The summed E-state index contributed by atoms with van der Waals surface area (Å²) in [6.07, 6.45) is 2.37. The van der Waals surface area contributed by atoms with E-state index in [4.69, 9.17) is 9.47 Å². The van der Waals surface area contributed by atoms with Crippen LogP contribution in [0.3, 0.4) is 0 Å². The Hall–Kier alpha value is -2.31. The second-order valence-corrected chi connectivity index (χ2v) is 8.48. The second-order valence-electron chi connectivity index (χ2n) is 8.48. The van der Waals surface area contributed by atoms with Crippen molar-refractivity contribution in [1.29, 1.82) is 0 Å². The van der Waals surface area contributed by atoms with Gasteiger partial charge < -0.3 is 19.6 Å². The van der Waals surface area contributed by atoms with Crippen molar-refractivity contribution in [1.82, 2.24) is 9.88 Å². The molecule has 3 aliphatic heterocycles. The number of nitrogens with one attached hydrogen (secondary N) is 1. The third-order valence-corrected chi connectivity index (χ3v) is 6.96. The molecule has 5 rings (SSSR count). The Bertz CT molecular complexity index is 976. The zero-order valence-corrected chi connectivity index (χ0v) is 16.4. The van der Waals surface area contributed by atoms with Crippen molar-refractivity contribution in [2.45, 2.75) is 38.0 Å². The van der Waals surface area contributed by atoms with Crippen LogP contribution in [0.4, 0.5) is 0 Å². The lowest BCUT2D eigenvalue weighted by Crippen LogP contribution is -2.63. The molecule has 1 fully saturated rings. The van der Waals surface area contributed by atoms with Crippen molar-refractivity contribution in [3.63, 3.8) is 0 Å². The van der Waals surface area contributed by atoms with Gasteiger partial charge in [0.05, 0.1) is 36.7 Å². The molecular weight excluding hydrogens is 356 g/mol. The van der Waals surface area contributed by atoms with Gasteiger partial charge in [-0.25, -0.2) is 4.79 Å². The van der Waals surface area contributed by atoms with Crippen molar-refractivity contribution >= 4 is 16.9 Å². The molecule has 0 bridgehead atoms. The molecule has 3 aliphatic rings. The van der Waals surface area contributed by atoms with Gasteiger partial charge >= 0.3 is 5.97 Å². The highest BCUT2D eigenvalue weighted by atomic mass is 16.5. The number of nitrogens with zero attached hydrogens (tertiary/aromatic N) is 1. The van der Waals surface area contributed by atoms with Crippen LogP contribution in [0.25, 0.3) is 10.9 Å². The van der Waals surface area contributed by atoms with Crippen molar-refractivity contribution in [2.75, 3.05) is 20.2 Å². The summed E-state index contributed by atoms with van der Waals surface area (Å²) in [5, 5.41) is 13.1. The number of ether oxygens (including phenoxy) is 2. The van der Waals surface area contributed by atoms with E-state index in [1.807, 2.05) is 19.9 Å². The van der Waals surface area contributed by atoms with E-state index in [1.165, 1.54) is 24.3 Å². The first-order valence-electron chi connectivity index (χ1n) is 9.93. The van der Waals surface area contributed by atoms with Gasteiger partial charge in [-0.1, -0.05) is 18.2 Å². The molecule has 6 heteroatoms. The summed E-state index contributed by atoms with van der Waals surface area (Å²) in [5.41, 5.74) is 2.73. The second kappa shape index (κ2) is 6.09. The highest BCUT2D eigenvalue weighted by Crippen LogP contribution is 2.53. The van der Waals surface area contributed by atoms with Gasteiger partial charge in [0.2, 0.25) is 0 Å². The molecule has 1 saturated heterocycles. The van der Waals surface area contributed by atoms with Crippen LogP contribution in [-0.4, -0.2) is 52.9 Å². The maximum atomic E-state index is 12.5. The molecule has 148 valence electrons. The minimum absolute atomic E-state index is 0.0243. The molecule has 0 saturated carbocycles. The number of methoxy groups -OCH3 is 1. The number of H-pyrrole nitrogens is 1. The summed E-state index contributed by atoms with van der Waals surface area (Å²) >= 11 is 0. The van der Waals surface area contributed by atoms with E-state index < -0.39 is 11.6 Å². The molecular formula is C22H26N2O4. The Labute approximate surface area is 164 Å². The molecule has 6 nitrogen and oxygen atoms in total. The topological polar surface area (TPSA) is 74.8 Å². The molecule has 2 N–H and O–H groups in total. The first-order valence-corrected chi connectivity index (χ1v) is 9.93. The SMILES string of the molecule is COC(=O)C1=COC(C)C2CN3CCc4c([nH]c5ccccc45)C3C(C)(O)C12. The van der Waals surface area contributed by atoms with Crippen LogP contribution >= 0.6 is 0 Å². The minimum atomic E-state index is -1.14. The van der Waals surface area contributed by atoms with Crippen LogP contribution in [0.15, 0.2) is 36.1 Å². The number of aliphatic hydroxyl groups is 1. The van der Waals surface area contributed by atoms with Gasteiger partial charge in [-0.05, 0) is 31.9 Å². The van der Waals surface area contributed by atoms with E-state index in [2.05, 4.69) is 28.1 Å². The van der Waals surface area contributed by atoms with Gasteiger partial charge in [0.1, 0.15) is 0 Å². The molecule has 0 spiro atoms.